The third kappa shape index (κ3) is 5.88. The molecule has 15 rings (SSSR count). The summed E-state index contributed by atoms with van der Waals surface area (Å²) < 4.78 is 14.6. The lowest BCUT2D eigenvalue weighted by Gasteiger charge is -2.16. The first kappa shape index (κ1) is 40.3. The lowest BCUT2D eigenvalue weighted by atomic mass is 9.96. The van der Waals surface area contributed by atoms with Gasteiger partial charge in [0, 0.05) is 80.4 Å². The summed E-state index contributed by atoms with van der Waals surface area (Å²) in [6.45, 7) is 0. The van der Waals surface area contributed by atoms with Crippen LogP contribution in [0.1, 0.15) is 5.56 Å². The lowest BCUT2D eigenvalue weighted by molar-refractivity contribution is 0.666. The van der Waals surface area contributed by atoms with Gasteiger partial charge in [0.15, 0.2) is 11.4 Å². The van der Waals surface area contributed by atoms with Crippen molar-refractivity contribution in [2.24, 2.45) is 0 Å². The van der Waals surface area contributed by atoms with Crippen LogP contribution < -0.4 is 0 Å². The number of nitriles is 1. The number of fused-ring (bicyclic) bond motifs is 13. The van der Waals surface area contributed by atoms with E-state index in [2.05, 4.69) is 167 Å². The molecular formula is C65H37N5OS. The zero-order valence-electron chi connectivity index (χ0n) is 38.4. The number of hydrogen-bond donors (Lipinski definition) is 0. The van der Waals surface area contributed by atoms with E-state index in [0.717, 1.165) is 88.4 Å². The summed E-state index contributed by atoms with van der Waals surface area (Å²) in [7, 11) is 0. The molecule has 7 heteroatoms. The number of furan rings is 1. The highest BCUT2D eigenvalue weighted by atomic mass is 32.1. The van der Waals surface area contributed by atoms with Gasteiger partial charge in [0.05, 0.1) is 39.1 Å². The fourth-order valence-corrected chi connectivity index (χ4v) is 12.4. The van der Waals surface area contributed by atoms with Gasteiger partial charge in [-0.15, -0.1) is 11.3 Å². The van der Waals surface area contributed by atoms with Gasteiger partial charge in [-0.1, -0.05) is 158 Å². The third-order valence-corrected chi connectivity index (χ3v) is 15.5. The highest BCUT2D eigenvalue weighted by Gasteiger charge is 2.28. The minimum absolute atomic E-state index is 0.423. The average molecular weight is 936 g/mol. The number of aromatic nitrogens is 4. The fourth-order valence-electron chi connectivity index (χ4n) is 11.3. The van der Waals surface area contributed by atoms with Crippen LogP contribution in [0.5, 0.6) is 0 Å². The summed E-state index contributed by atoms with van der Waals surface area (Å²) >= 11 is 1.84. The Morgan fingerprint density at radius 1 is 0.431 bits per heavy atom. The molecule has 0 saturated heterocycles. The Bertz CT molecular complexity index is 4690. The van der Waals surface area contributed by atoms with Gasteiger partial charge in [-0.2, -0.15) is 5.26 Å². The van der Waals surface area contributed by atoms with Crippen molar-refractivity contribution in [3.8, 4) is 62.5 Å². The second-order valence-electron chi connectivity index (χ2n) is 18.3. The first-order chi connectivity index (χ1) is 35.7. The Kier molecular flexibility index (Phi) is 8.79. The van der Waals surface area contributed by atoms with Gasteiger partial charge in [0.25, 0.3) is 0 Å². The number of para-hydroxylation sites is 4. The van der Waals surface area contributed by atoms with Gasteiger partial charge in [-0.05, 0) is 72.3 Å². The van der Waals surface area contributed by atoms with Gasteiger partial charge in [-0.3, -0.25) is 0 Å². The topological polar surface area (TPSA) is 72.6 Å². The van der Waals surface area contributed by atoms with Crippen molar-refractivity contribution in [1.82, 2.24) is 19.1 Å². The number of nitrogens with zero attached hydrogens (tertiary/aromatic N) is 5. The molecule has 0 N–H and O–H groups in total. The minimum Gasteiger partial charge on any atom is -0.454 e. The van der Waals surface area contributed by atoms with E-state index in [1.165, 1.54) is 30.9 Å². The molecule has 0 aliphatic heterocycles. The quantitative estimate of drug-likeness (QED) is 0.166. The number of thiophene rings is 1. The molecule has 5 heterocycles. The van der Waals surface area contributed by atoms with E-state index in [9.17, 15) is 5.26 Å². The molecule has 6 nitrogen and oxygen atoms in total. The summed E-state index contributed by atoms with van der Waals surface area (Å²) in [5, 5.41) is 19.8. The standard InChI is InChI=1S/C65H37N5OS/c66-38-51-60(39-18-4-1-5-19-39)67-65(68-61(51)40-20-6-2-7-21-40)47-33-34-54(64-58(47)46-27-12-16-30-55(46)71-64)70-53-29-15-11-26-45(53)59-62(70)48(41-32-35-57-49(36-41)44-25-13-17-31-56(44)72-57)37-50-43-24-10-14-28-52(43)69(63(50)59)42-22-8-3-9-23-42/h1-37H. The van der Waals surface area contributed by atoms with Gasteiger partial charge in [-0.25, -0.2) is 9.97 Å². The molecule has 0 aliphatic carbocycles. The summed E-state index contributed by atoms with van der Waals surface area (Å²) in [6, 6.07) is 81.3. The van der Waals surface area contributed by atoms with Crippen LogP contribution in [-0.4, -0.2) is 19.1 Å². The van der Waals surface area contributed by atoms with E-state index in [0.29, 0.717) is 28.4 Å². The molecule has 10 aromatic carbocycles. The van der Waals surface area contributed by atoms with E-state index in [1.54, 1.807) is 0 Å². The van der Waals surface area contributed by atoms with Crippen molar-refractivity contribution in [2.75, 3.05) is 0 Å². The maximum Gasteiger partial charge on any atom is 0.161 e. The molecule has 15 aromatic rings. The van der Waals surface area contributed by atoms with Crippen LogP contribution in [-0.2, 0) is 0 Å². The number of benzene rings is 10. The maximum absolute atomic E-state index is 10.8. The van der Waals surface area contributed by atoms with Crippen molar-refractivity contribution in [1.29, 1.82) is 5.26 Å². The fraction of sp³-hybridized carbons (Fsp3) is 0. The third-order valence-electron chi connectivity index (χ3n) is 14.4. The maximum atomic E-state index is 10.8. The van der Waals surface area contributed by atoms with Crippen molar-refractivity contribution in [3.63, 3.8) is 0 Å². The molecular weight excluding hydrogens is 899 g/mol. The van der Waals surface area contributed by atoms with Gasteiger partial charge < -0.3 is 13.6 Å². The minimum atomic E-state index is 0.423. The van der Waals surface area contributed by atoms with Crippen LogP contribution in [0.4, 0.5) is 0 Å². The van der Waals surface area contributed by atoms with Crippen LogP contribution in [0.2, 0.25) is 0 Å². The van der Waals surface area contributed by atoms with Crippen LogP contribution >= 0.6 is 11.3 Å². The highest BCUT2D eigenvalue weighted by Crippen LogP contribution is 2.49. The molecule has 0 unspecified atom stereocenters. The van der Waals surface area contributed by atoms with Crippen LogP contribution in [0.3, 0.4) is 0 Å². The summed E-state index contributed by atoms with van der Waals surface area (Å²) in [5.74, 6) is 0.503. The largest absolute Gasteiger partial charge is 0.454 e. The van der Waals surface area contributed by atoms with Gasteiger partial charge in [0.2, 0.25) is 0 Å². The molecule has 0 bridgehead atoms. The predicted octanol–water partition coefficient (Wildman–Crippen LogP) is 17.5. The molecule has 0 atom stereocenters. The second-order valence-corrected chi connectivity index (χ2v) is 19.4. The van der Waals surface area contributed by atoms with Crippen molar-refractivity contribution in [3.05, 3.63) is 230 Å². The molecule has 0 amide bonds. The number of hydrogen-bond acceptors (Lipinski definition) is 5. The molecule has 334 valence electrons. The molecule has 0 radical (unpaired) electrons. The van der Waals surface area contributed by atoms with E-state index >= 15 is 0 Å². The highest BCUT2D eigenvalue weighted by molar-refractivity contribution is 7.25. The zero-order valence-corrected chi connectivity index (χ0v) is 39.2. The van der Waals surface area contributed by atoms with E-state index in [1.807, 2.05) is 84.1 Å². The molecule has 72 heavy (non-hydrogen) atoms. The smallest absolute Gasteiger partial charge is 0.161 e. The van der Waals surface area contributed by atoms with Crippen LogP contribution in [0.25, 0.3) is 142 Å². The zero-order chi connectivity index (χ0) is 47.4. The first-order valence-corrected chi connectivity index (χ1v) is 24.9. The second kappa shape index (κ2) is 15.7. The monoisotopic (exact) mass is 935 g/mol. The normalized spacial score (nSPS) is 11.9. The SMILES string of the molecule is N#Cc1c(-c2ccccc2)nc(-c2ccc(-n3c4ccccc4c4c3c(-c3ccc5sc6ccccc6c5c3)cc3c5ccccc5n(-c5ccccc5)c34)c3oc4ccccc4c23)nc1-c1ccccc1. The first-order valence-electron chi connectivity index (χ1n) is 24.0. The van der Waals surface area contributed by atoms with Crippen molar-refractivity contribution >= 4 is 97.1 Å². The Morgan fingerprint density at radius 3 is 1.75 bits per heavy atom. The van der Waals surface area contributed by atoms with Gasteiger partial charge >= 0.3 is 0 Å². The molecule has 5 aromatic heterocycles. The summed E-state index contributed by atoms with van der Waals surface area (Å²) in [6.07, 6.45) is 0. The number of rotatable bonds is 6. The van der Waals surface area contributed by atoms with Crippen LogP contribution in [0.15, 0.2) is 229 Å². The van der Waals surface area contributed by atoms with E-state index in [4.69, 9.17) is 14.4 Å². The molecule has 0 spiro atoms. The van der Waals surface area contributed by atoms with Crippen molar-refractivity contribution in [2.45, 2.75) is 0 Å². The lowest BCUT2D eigenvalue weighted by Crippen LogP contribution is -2.02. The Labute approximate surface area is 416 Å². The molecule has 0 saturated carbocycles. The Hall–Kier alpha value is -9.61. The summed E-state index contributed by atoms with van der Waals surface area (Å²) in [4.78, 5) is 10.6. The Morgan fingerprint density at radius 2 is 1.03 bits per heavy atom. The van der Waals surface area contributed by atoms with E-state index in [-0.39, 0.29) is 0 Å². The average Bonchev–Trinajstić information content (AvgIpc) is 4.21. The Balaban J connectivity index is 1.10. The van der Waals surface area contributed by atoms with Crippen LogP contribution in [0, 0.1) is 11.3 Å². The molecule has 0 aliphatic rings. The predicted molar refractivity (Wildman–Crippen MR) is 297 cm³/mol. The van der Waals surface area contributed by atoms with Gasteiger partial charge in [0.1, 0.15) is 17.2 Å². The van der Waals surface area contributed by atoms with Crippen molar-refractivity contribution < 1.29 is 4.42 Å². The molecule has 0 fully saturated rings. The summed E-state index contributed by atoms with van der Waals surface area (Å²) in [5.41, 5.74) is 14.2. The van der Waals surface area contributed by atoms with E-state index < -0.39 is 0 Å².